The zero-order valence-corrected chi connectivity index (χ0v) is 14.0. The third kappa shape index (κ3) is 4.01. The molecule has 23 heavy (non-hydrogen) atoms. The summed E-state index contributed by atoms with van der Waals surface area (Å²) < 4.78 is 5.29. The zero-order chi connectivity index (χ0) is 17.0. The topological polar surface area (TPSA) is 75.9 Å². The molecule has 0 aliphatic carbocycles. The molecule has 1 aliphatic rings. The zero-order valence-electron chi connectivity index (χ0n) is 14.0. The van der Waals surface area contributed by atoms with Gasteiger partial charge in [0.05, 0.1) is 13.5 Å². The Balaban J connectivity index is 2.12. The molecule has 0 radical (unpaired) electrons. The van der Waals surface area contributed by atoms with Crippen LogP contribution in [0.2, 0.25) is 0 Å². The molecule has 6 nitrogen and oxygen atoms in total. The predicted molar refractivity (Wildman–Crippen MR) is 88.1 cm³/mol. The number of ether oxygens (including phenoxy) is 1. The second-order valence-corrected chi connectivity index (χ2v) is 6.08. The lowest BCUT2D eigenvalue weighted by atomic mass is 10.1. The third-order valence-corrected chi connectivity index (χ3v) is 4.33. The lowest BCUT2D eigenvalue weighted by Gasteiger charge is -2.41. The van der Waals surface area contributed by atoms with Crippen molar-refractivity contribution in [2.24, 2.45) is 5.73 Å². The smallest absolute Gasteiger partial charge is 0.241 e. The minimum atomic E-state index is -0.576. The molecule has 0 unspecified atom stereocenters. The summed E-state index contributed by atoms with van der Waals surface area (Å²) in [5.74, 6) is 0.128. The van der Waals surface area contributed by atoms with Gasteiger partial charge in [-0.3, -0.25) is 14.5 Å². The van der Waals surface area contributed by atoms with Crippen LogP contribution in [0.4, 0.5) is 0 Å². The molecule has 0 bridgehead atoms. The van der Waals surface area contributed by atoms with Gasteiger partial charge in [-0.25, -0.2) is 0 Å². The van der Waals surface area contributed by atoms with Crippen LogP contribution in [0, 0.1) is 0 Å². The maximum Gasteiger partial charge on any atom is 0.241 e. The molecule has 1 fully saturated rings. The lowest BCUT2D eigenvalue weighted by Crippen LogP contribution is -2.61. The number of piperazine rings is 1. The van der Waals surface area contributed by atoms with Crippen molar-refractivity contribution >= 4 is 11.8 Å². The van der Waals surface area contributed by atoms with Crippen LogP contribution in [0.25, 0.3) is 0 Å². The van der Waals surface area contributed by atoms with Crippen molar-refractivity contribution in [3.63, 3.8) is 0 Å². The molecule has 1 saturated heterocycles. The van der Waals surface area contributed by atoms with Gasteiger partial charge in [0.15, 0.2) is 0 Å². The predicted octanol–water partition coefficient (Wildman–Crippen LogP) is 0.644. The molecule has 2 rings (SSSR count). The van der Waals surface area contributed by atoms with E-state index in [1.54, 1.807) is 12.0 Å². The highest BCUT2D eigenvalue weighted by atomic mass is 16.5. The number of para-hydroxylation sites is 1. The average Bonchev–Trinajstić information content (AvgIpc) is 2.54. The standard InChI is InChI=1S/C17H25N3O3/c1-12(2)19-8-9-20(14(11-19)17(18)22)16(21)10-13-6-4-5-7-15(13)23-3/h4-7,12,14H,8-11H2,1-3H3,(H2,18,22)/t14-/m1/s1. The van der Waals surface area contributed by atoms with E-state index in [4.69, 9.17) is 10.5 Å². The molecule has 0 spiro atoms. The van der Waals surface area contributed by atoms with Crippen molar-refractivity contribution in [3.05, 3.63) is 29.8 Å². The van der Waals surface area contributed by atoms with Crippen molar-refractivity contribution in [2.45, 2.75) is 32.4 Å². The first-order chi connectivity index (χ1) is 10.9. The van der Waals surface area contributed by atoms with Crippen molar-refractivity contribution in [1.82, 2.24) is 9.80 Å². The number of nitrogens with two attached hydrogens (primary N) is 1. The second kappa shape index (κ2) is 7.46. The van der Waals surface area contributed by atoms with E-state index in [1.807, 2.05) is 24.3 Å². The minimum Gasteiger partial charge on any atom is -0.496 e. The molecular weight excluding hydrogens is 294 g/mol. The number of primary amides is 1. The van der Waals surface area contributed by atoms with Gasteiger partial charge in [-0.2, -0.15) is 0 Å². The SMILES string of the molecule is COc1ccccc1CC(=O)N1CCN(C(C)C)C[C@@H]1C(N)=O. The first-order valence-corrected chi connectivity index (χ1v) is 7.88. The van der Waals surface area contributed by atoms with E-state index in [1.165, 1.54) is 0 Å². The third-order valence-electron chi connectivity index (χ3n) is 4.33. The normalized spacial score (nSPS) is 19.0. The van der Waals surface area contributed by atoms with E-state index in [0.29, 0.717) is 24.9 Å². The molecule has 1 aromatic carbocycles. The lowest BCUT2D eigenvalue weighted by molar-refractivity contribution is -0.142. The number of carbonyl (C=O) groups is 2. The summed E-state index contributed by atoms with van der Waals surface area (Å²) in [6, 6.07) is 7.16. The van der Waals surface area contributed by atoms with Gasteiger partial charge in [0.25, 0.3) is 0 Å². The van der Waals surface area contributed by atoms with E-state index in [0.717, 1.165) is 12.1 Å². The Morgan fingerprint density at radius 3 is 2.61 bits per heavy atom. The average molecular weight is 319 g/mol. The number of hydrogen-bond acceptors (Lipinski definition) is 4. The molecule has 1 aliphatic heterocycles. The number of hydrogen-bond donors (Lipinski definition) is 1. The highest BCUT2D eigenvalue weighted by Crippen LogP contribution is 2.20. The largest absolute Gasteiger partial charge is 0.496 e. The van der Waals surface area contributed by atoms with Crippen LogP contribution in [-0.4, -0.2) is 60.4 Å². The fourth-order valence-electron chi connectivity index (χ4n) is 2.93. The number of amides is 2. The number of rotatable bonds is 5. The number of carbonyl (C=O) groups excluding carboxylic acids is 2. The van der Waals surface area contributed by atoms with E-state index < -0.39 is 11.9 Å². The maximum atomic E-state index is 12.7. The molecule has 0 saturated carbocycles. The summed E-state index contributed by atoms with van der Waals surface area (Å²) in [6.07, 6.45) is 0.204. The summed E-state index contributed by atoms with van der Waals surface area (Å²) in [4.78, 5) is 28.2. The Kier molecular flexibility index (Phi) is 5.60. The maximum absolute atomic E-state index is 12.7. The molecule has 1 heterocycles. The molecule has 2 N–H and O–H groups in total. The van der Waals surface area contributed by atoms with Gasteiger partial charge in [-0.05, 0) is 19.9 Å². The summed E-state index contributed by atoms with van der Waals surface area (Å²) in [5.41, 5.74) is 6.34. The molecule has 0 aromatic heterocycles. The van der Waals surface area contributed by atoms with Gasteiger partial charge >= 0.3 is 0 Å². The van der Waals surface area contributed by atoms with Gasteiger partial charge in [-0.1, -0.05) is 18.2 Å². The molecule has 2 amide bonds. The van der Waals surface area contributed by atoms with Crippen LogP contribution in [0.3, 0.4) is 0 Å². The van der Waals surface area contributed by atoms with Crippen LogP contribution >= 0.6 is 0 Å². The quantitative estimate of drug-likeness (QED) is 0.864. The van der Waals surface area contributed by atoms with E-state index in [9.17, 15) is 9.59 Å². The van der Waals surface area contributed by atoms with Crippen LogP contribution in [-0.2, 0) is 16.0 Å². The Hall–Kier alpha value is -2.08. The van der Waals surface area contributed by atoms with Gasteiger partial charge in [0.1, 0.15) is 11.8 Å². The van der Waals surface area contributed by atoms with Crippen molar-refractivity contribution in [2.75, 3.05) is 26.7 Å². The van der Waals surface area contributed by atoms with E-state index in [-0.39, 0.29) is 12.3 Å². The first kappa shape index (κ1) is 17.3. The second-order valence-electron chi connectivity index (χ2n) is 6.08. The van der Waals surface area contributed by atoms with Crippen LogP contribution in [0.1, 0.15) is 19.4 Å². The Bertz CT molecular complexity index is 574. The van der Waals surface area contributed by atoms with Gasteiger partial charge < -0.3 is 15.4 Å². The minimum absolute atomic E-state index is 0.0956. The highest BCUT2D eigenvalue weighted by molar-refractivity contribution is 5.88. The summed E-state index contributed by atoms with van der Waals surface area (Å²) in [5, 5.41) is 0. The summed E-state index contributed by atoms with van der Waals surface area (Å²) in [6.45, 7) is 5.90. The number of benzene rings is 1. The van der Waals surface area contributed by atoms with Crippen molar-refractivity contribution in [1.29, 1.82) is 0 Å². The molecule has 1 atom stereocenters. The fourth-order valence-corrected chi connectivity index (χ4v) is 2.93. The summed E-state index contributed by atoms with van der Waals surface area (Å²) >= 11 is 0. The monoisotopic (exact) mass is 319 g/mol. The first-order valence-electron chi connectivity index (χ1n) is 7.88. The highest BCUT2D eigenvalue weighted by Gasteiger charge is 2.34. The van der Waals surface area contributed by atoms with Crippen molar-refractivity contribution in [3.8, 4) is 5.75 Å². The van der Waals surface area contributed by atoms with E-state index >= 15 is 0 Å². The van der Waals surface area contributed by atoms with Gasteiger partial charge in [0.2, 0.25) is 11.8 Å². The summed E-state index contributed by atoms with van der Waals surface area (Å²) in [7, 11) is 1.58. The fraction of sp³-hybridized carbons (Fsp3) is 0.529. The molecule has 6 heteroatoms. The van der Waals surface area contributed by atoms with Crippen molar-refractivity contribution < 1.29 is 14.3 Å². The van der Waals surface area contributed by atoms with Crippen LogP contribution in [0.5, 0.6) is 5.75 Å². The Morgan fingerprint density at radius 2 is 2.00 bits per heavy atom. The van der Waals surface area contributed by atoms with E-state index in [2.05, 4.69) is 18.7 Å². The Labute approximate surface area is 137 Å². The van der Waals surface area contributed by atoms with Gasteiger partial charge in [-0.15, -0.1) is 0 Å². The Morgan fingerprint density at radius 1 is 1.30 bits per heavy atom. The number of methoxy groups -OCH3 is 1. The van der Waals surface area contributed by atoms with Gasteiger partial charge in [0, 0.05) is 31.2 Å². The molecular formula is C17H25N3O3. The number of nitrogens with zero attached hydrogens (tertiary/aromatic N) is 2. The molecule has 1 aromatic rings. The van der Waals surface area contributed by atoms with Crippen LogP contribution in [0.15, 0.2) is 24.3 Å². The van der Waals surface area contributed by atoms with Crippen LogP contribution < -0.4 is 10.5 Å². The molecule has 126 valence electrons.